The Hall–Kier alpha value is 0.270. The monoisotopic (exact) mass is 175 g/mol. The van der Waals surface area contributed by atoms with Gasteiger partial charge in [0, 0.05) is 24.1 Å². The molecule has 1 fully saturated rings. The van der Waals surface area contributed by atoms with Crippen molar-refractivity contribution in [2.45, 2.75) is 26.8 Å². The van der Waals surface area contributed by atoms with E-state index in [1.807, 2.05) is 11.8 Å². The minimum Gasteiger partial charge on any atom is -0.314 e. The van der Waals surface area contributed by atoms with Crippen molar-refractivity contribution < 1.29 is 5.21 Å². The fraction of sp³-hybridized carbons (Fsp3) is 1.00. The molecule has 0 bridgehead atoms. The molecule has 0 aromatic heterocycles. The summed E-state index contributed by atoms with van der Waals surface area (Å²) >= 11 is 1.93. The van der Waals surface area contributed by atoms with Crippen LogP contribution in [0, 0.1) is 5.41 Å². The van der Waals surface area contributed by atoms with Crippen LogP contribution in [0.2, 0.25) is 0 Å². The summed E-state index contributed by atoms with van der Waals surface area (Å²) in [6, 6.07) is 0.321. The molecular formula is C8H17NOS. The van der Waals surface area contributed by atoms with Crippen molar-refractivity contribution in [3.63, 3.8) is 0 Å². The van der Waals surface area contributed by atoms with Gasteiger partial charge in [-0.2, -0.15) is 16.8 Å². The van der Waals surface area contributed by atoms with Gasteiger partial charge < -0.3 is 5.21 Å². The first-order valence-corrected chi connectivity index (χ1v) is 5.20. The second kappa shape index (κ2) is 3.33. The molecule has 0 aliphatic carbocycles. The van der Waals surface area contributed by atoms with Crippen LogP contribution in [0.4, 0.5) is 0 Å². The maximum Gasteiger partial charge on any atom is 0.0489 e. The van der Waals surface area contributed by atoms with Gasteiger partial charge in [0.15, 0.2) is 0 Å². The van der Waals surface area contributed by atoms with E-state index in [0.717, 1.165) is 18.1 Å². The van der Waals surface area contributed by atoms with Gasteiger partial charge in [-0.3, -0.25) is 0 Å². The van der Waals surface area contributed by atoms with E-state index in [9.17, 15) is 5.21 Å². The molecule has 1 N–H and O–H groups in total. The molecular weight excluding hydrogens is 158 g/mol. The Bertz CT molecular complexity index is 133. The topological polar surface area (TPSA) is 23.5 Å². The summed E-state index contributed by atoms with van der Waals surface area (Å²) in [6.45, 7) is 7.33. The minimum absolute atomic E-state index is 0.197. The molecule has 0 aromatic carbocycles. The average Bonchev–Trinajstić information content (AvgIpc) is 1.86. The van der Waals surface area contributed by atoms with Gasteiger partial charge in [-0.15, -0.1) is 0 Å². The van der Waals surface area contributed by atoms with Crippen LogP contribution in [0.25, 0.3) is 0 Å². The fourth-order valence-corrected chi connectivity index (χ4v) is 2.67. The van der Waals surface area contributed by atoms with Crippen molar-refractivity contribution in [1.29, 1.82) is 0 Å². The van der Waals surface area contributed by atoms with E-state index in [1.165, 1.54) is 5.06 Å². The highest BCUT2D eigenvalue weighted by Crippen LogP contribution is 2.29. The maximum absolute atomic E-state index is 9.52. The first-order valence-electron chi connectivity index (χ1n) is 4.05. The number of hydroxylamine groups is 2. The quantitative estimate of drug-likeness (QED) is 0.607. The normalized spacial score (nSPS) is 28.9. The summed E-state index contributed by atoms with van der Waals surface area (Å²) < 4.78 is 0. The fourth-order valence-electron chi connectivity index (χ4n) is 1.29. The number of thioether (sulfide) groups is 1. The van der Waals surface area contributed by atoms with Crippen molar-refractivity contribution in [2.75, 3.05) is 18.1 Å². The van der Waals surface area contributed by atoms with Gasteiger partial charge in [-0.25, -0.2) is 0 Å². The van der Waals surface area contributed by atoms with Crippen LogP contribution < -0.4 is 0 Å². The molecule has 1 saturated heterocycles. The third-order valence-corrected chi connectivity index (χ3v) is 3.12. The molecule has 0 saturated carbocycles. The molecule has 1 unspecified atom stereocenters. The molecule has 1 rings (SSSR count). The summed E-state index contributed by atoms with van der Waals surface area (Å²) in [5.74, 6) is 2.11. The van der Waals surface area contributed by atoms with Crippen LogP contribution in [-0.2, 0) is 0 Å². The second-order valence-electron chi connectivity index (χ2n) is 4.12. The molecule has 66 valence electrons. The summed E-state index contributed by atoms with van der Waals surface area (Å²) in [7, 11) is 0. The lowest BCUT2D eigenvalue weighted by Gasteiger charge is -2.39. The molecule has 1 atom stereocenters. The Morgan fingerprint density at radius 2 is 2.09 bits per heavy atom. The zero-order valence-electron chi connectivity index (χ0n) is 7.50. The van der Waals surface area contributed by atoms with E-state index in [0.29, 0.717) is 6.04 Å². The van der Waals surface area contributed by atoms with E-state index in [2.05, 4.69) is 20.8 Å². The SMILES string of the molecule is CC(C)(C)C1CSCCN1O. The Kier molecular flexibility index (Phi) is 2.84. The summed E-state index contributed by atoms with van der Waals surface area (Å²) in [5.41, 5.74) is 0.197. The number of rotatable bonds is 0. The number of nitrogens with zero attached hydrogens (tertiary/aromatic N) is 1. The highest BCUT2D eigenvalue weighted by atomic mass is 32.2. The molecule has 1 aliphatic rings. The third-order valence-electron chi connectivity index (χ3n) is 2.10. The lowest BCUT2D eigenvalue weighted by molar-refractivity contribution is -0.144. The van der Waals surface area contributed by atoms with Gasteiger partial charge in [0.05, 0.1) is 0 Å². The Morgan fingerprint density at radius 1 is 1.45 bits per heavy atom. The highest BCUT2D eigenvalue weighted by molar-refractivity contribution is 7.99. The largest absolute Gasteiger partial charge is 0.314 e. The van der Waals surface area contributed by atoms with Gasteiger partial charge in [0.2, 0.25) is 0 Å². The van der Waals surface area contributed by atoms with Crippen molar-refractivity contribution in [1.82, 2.24) is 5.06 Å². The van der Waals surface area contributed by atoms with Gasteiger partial charge in [0.25, 0.3) is 0 Å². The molecule has 1 heterocycles. The Morgan fingerprint density at radius 3 is 2.45 bits per heavy atom. The maximum atomic E-state index is 9.52. The van der Waals surface area contributed by atoms with Crippen molar-refractivity contribution in [3.05, 3.63) is 0 Å². The first-order chi connectivity index (χ1) is 5.02. The molecule has 2 nitrogen and oxygen atoms in total. The van der Waals surface area contributed by atoms with Crippen LogP contribution in [0.5, 0.6) is 0 Å². The number of hydrogen-bond donors (Lipinski definition) is 1. The Labute approximate surface area is 72.9 Å². The molecule has 11 heavy (non-hydrogen) atoms. The third kappa shape index (κ3) is 2.36. The standard InChI is InChI=1S/C8H17NOS/c1-8(2,3)7-6-11-5-4-9(7)10/h7,10H,4-6H2,1-3H3. The molecule has 0 amide bonds. The predicted molar refractivity (Wildman–Crippen MR) is 49.1 cm³/mol. The first kappa shape index (κ1) is 9.36. The lowest BCUT2D eigenvalue weighted by atomic mass is 9.87. The average molecular weight is 175 g/mol. The van der Waals surface area contributed by atoms with Crippen LogP contribution in [-0.4, -0.2) is 34.4 Å². The van der Waals surface area contributed by atoms with Crippen molar-refractivity contribution in [2.24, 2.45) is 5.41 Å². The van der Waals surface area contributed by atoms with Gasteiger partial charge in [0.1, 0.15) is 0 Å². The van der Waals surface area contributed by atoms with E-state index in [1.54, 1.807) is 0 Å². The van der Waals surface area contributed by atoms with Crippen LogP contribution in [0.1, 0.15) is 20.8 Å². The second-order valence-corrected chi connectivity index (χ2v) is 5.27. The van der Waals surface area contributed by atoms with Crippen molar-refractivity contribution >= 4 is 11.8 Å². The lowest BCUT2D eigenvalue weighted by Crippen LogP contribution is -2.47. The van der Waals surface area contributed by atoms with Crippen LogP contribution >= 0.6 is 11.8 Å². The van der Waals surface area contributed by atoms with Crippen LogP contribution in [0.3, 0.4) is 0 Å². The van der Waals surface area contributed by atoms with Gasteiger partial charge in [-0.05, 0) is 5.41 Å². The molecule has 0 aromatic rings. The molecule has 3 heteroatoms. The summed E-state index contributed by atoms with van der Waals surface area (Å²) in [4.78, 5) is 0. The minimum atomic E-state index is 0.197. The summed E-state index contributed by atoms with van der Waals surface area (Å²) in [5, 5.41) is 11.0. The smallest absolute Gasteiger partial charge is 0.0489 e. The Balaban J connectivity index is 2.55. The van der Waals surface area contributed by atoms with Gasteiger partial charge >= 0.3 is 0 Å². The zero-order valence-corrected chi connectivity index (χ0v) is 8.32. The zero-order chi connectivity index (χ0) is 8.48. The van der Waals surface area contributed by atoms with Crippen LogP contribution in [0.15, 0.2) is 0 Å². The number of hydrogen-bond acceptors (Lipinski definition) is 3. The van der Waals surface area contributed by atoms with E-state index in [4.69, 9.17) is 0 Å². The molecule has 0 radical (unpaired) electrons. The predicted octanol–water partition coefficient (Wildman–Crippen LogP) is 1.84. The molecule has 1 aliphatic heterocycles. The van der Waals surface area contributed by atoms with Crippen molar-refractivity contribution in [3.8, 4) is 0 Å². The van der Waals surface area contributed by atoms with E-state index in [-0.39, 0.29) is 5.41 Å². The van der Waals surface area contributed by atoms with Gasteiger partial charge in [-0.1, -0.05) is 20.8 Å². The highest BCUT2D eigenvalue weighted by Gasteiger charge is 2.31. The molecule has 0 spiro atoms. The summed E-state index contributed by atoms with van der Waals surface area (Å²) in [6.07, 6.45) is 0. The van der Waals surface area contributed by atoms with E-state index < -0.39 is 0 Å². The van der Waals surface area contributed by atoms with E-state index >= 15 is 0 Å².